The molecule has 0 aliphatic rings. The monoisotopic (exact) mass is 419 g/mol. The Morgan fingerprint density at radius 2 is 1.96 bits per heavy atom. The molecule has 2 heterocycles. The lowest BCUT2D eigenvalue weighted by Crippen LogP contribution is -2.31. The van der Waals surface area contributed by atoms with E-state index in [-0.39, 0.29) is 25.4 Å². The van der Waals surface area contributed by atoms with Crippen molar-refractivity contribution in [3.63, 3.8) is 0 Å². The first-order valence-corrected chi connectivity index (χ1v) is 10.8. The molecule has 0 saturated heterocycles. The van der Waals surface area contributed by atoms with Gasteiger partial charge in [-0.05, 0) is 35.2 Å². The molecular weight excluding hydrogens is 401 g/mol. The molecule has 2 N–H and O–H groups in total. The molecule has 0 aliphatic heterocycles. The zero-order valence-corrected chi connectivity index (χ0v) is 16.4. The van der Waals surface area contributed by atoms with Gasteiger partial charge in [0.25, 0.3) is 0 Å². The van der Waals surface area contributed by atoms with Crippen LogP contribution in [0.3, 0.4) is 0 Å². The van der Waals surface area contributed by atoms with Crippen molar-refractivity contribution in [1.29, 1.82) is 0 Å². The maximum Gasteiger partial charge on any atom is 0.243 e. The quantitative estimate of drug-likeness (QED) is 0.588. The van der Waals surface area contributed by atoms with Crippen LogP contribution in [0.1, 0.15) is 12.0 Å². The van der Waals surface area contributed by atoms with Gasteiger partial charge in [0.05, 0.1) is 0 Å². The van der Waals surface area contributed by atoms with Crippen LogP contribution >= 0.6 is 11.3 Å². The molecule has 0 bridgehead atoms. The predicted octanol–water partition coefficient (Wildman–Crippen LogP) is 2.93. The van der Waals surface area contributed by atoms with Gasteiger partial charge in [-0.15, -0.1) is 11.3 Å². The first-order chi connectivity index (χ1) is 13.5. The Morgan fingerprint density at radius 3 is 2.71 bits per heavy atom. The number of rotatable bonds is 8. The molecular formula is C19H18FN3O3S2. The van der Waals surface area contributed by atoms with E-state index in [4.69, 9.17) is 0 Å². The van der Waals surface area contributed by atoms with Gasteiger partial charge in [0.15, 0.2) is 0 Å². The normalized spacial score (nSPS) is 11.3. The highest BCUT2D eigenvalue weighted by Gasteiger charge is 2.18. The molecule has 3 rings (SSSR count). The highest BCUT2D eigenvalue weighted by Crippen LogP contribution is 2.24. The Labute approximate surface area is 166 Å². The summed E-state index contributed by atoms with van der Waals surface area (Å²) in [6.07, 6.45) is 3.36. The van der Waals surface area contributed by atoms with Crippen LogP contribution in [0.4, 0.5) is 4.39 Å². The number of nitrogens with one attached hydrogen (secondary N) is 2. The zero-order valence-electron chi connectivity index (χ0n) is 14.8. The van der Waals surface area contributed by atoms with E-state index in [9.17, 15) is 17.6 Å². The largest absolute Gasteiger partial charge is 0.352 e. The van der Waals surface area contributed by atoms with Crippen molar-refractivity contribution >= 4 is 27.3 Å². The van der Waals surface area contributed by atoms with Crippen molar-refractivity contribution in [2.75, 3.05) is 6.54 Å². The molecule has 9 heteroatoms. The number of hydrogen-bond donors (Lipinski definition) is 2. The molecule has 1 aromatic carbocycles. The molecule has 0 saturated carbocycles. The molecule has 2 aromatic heterocycles. The zero-order chi connectivity index (χ0) is 20.0. The maximum absolute atomic E-state index is 13.6. The first kappa shape index (κ1) is 20.1. The summed E-state index contributed by atoms with van der Waals surface area (Å²) in [5, 5.41) is 4.70. The number of amides is 1. The van der Waals surface area contributed by atoms with Gasteiger partial charge in [-0.1, -0.05) is 18.2 Å². The second-order valence-electron chi connectivity index (χ2n) is 5.91. The standard InChI is InChI=1S/C19H18FN3O3S2/c20-16-4-1-2-6-18(16)28(25,26)23-8-7-19(24)22-12-14-10-15(13-21-11-14)17-5-3-9-27-17/h1-6,9-11,13,23H,7-8,12H2,(H,22,24). The van der Waals surface area contributed by atoms with E-state index < -0.39 is 20.7 Å². The van der Waals surface area contributed by atoms with Crippen molar-refractivity contribution in [1.82, 2.24) is 15.0 Å². The molecule has 0 spiro atoms. The number of nitrogens with zero attached hydrogens (tertiary/aromatic N) is 1. The van der Waals surface area contributed by atoms with E-state index in [0.717, 1.165) is 22.1 Å². The lowest BCUT2D eigenvalue weighted by Gasteiger charge is -2.09. The second kappa shape index (κ2) is 9.05. The first-order valence-electron chi connectivity index (χ1n) is 8.44. The van der Waals surface area contributed by atoms with Gasteiger partial charge in [-0.2, -0.15) is 0 Å². The minimum Gasteiger partial charge on any atom is -0.352 e. The fraction of sp³-hybridized carbons (Fsp3) is 0.158. The van der Waals surface area contributed by atoms with Crippen LogP contribution in [0.15, 0.2) is 65.1 Å². The number of thiophene rings is 1. The molecule has 28 heavy (non-hydrogen) atoms. The summed E-state index contributed by atoms with van der Waals surface area (Å²) < 4.78 is 40.0. The van der Waals surface area contributed by atoms with Crippen LogP contribution in [0.5, 0.6) is 0 Å². The van der Waals surface area contributed by atoms with Gasteiger partial charge >= 0.3 is 0 Å². The molecule has 1 amide bonds. The Kier molecular flexibility index (Phi) is 6.50. The Morgan fingerprint density at radius 1 is 1.14 bits per heavy atom. The lowest BCUT2D eigenvalue weighted by molar-refractivity contribution is -0.121. The van der Waals surface area contributed by atoms with Crippen LogP contribution in [0.2, 0.25) is 0 Å². The summed E-state index contributed by atoms with van der Waals surface area (Å²) in [5.41, 5.74) is 1.81. The number of carbonyl (C=O) groups is 1. The van der Waals surface area contributed by atoms with Crippen LogP contribution in [0, 0.1) is 5.82 Å². The van der Waals surface area contributed by atoms with Crippen LogP contribution in [-0.4, -0.2) is 25.9 Å². The third-order valence-corrected chi connectivity index (χ3v) is 6.27. The molecule has 0 radical (unpaired) electrons. The van der Waals surface area contributed by atoms with Crippen molar-refractivity contribution in [3.05, 3.63) is 71.6 Å². The predicted molar refractivity (Wildman–Crippen MR) is 106 cm³/mol. The number of benzene rings is 1. The summed E-state index contributed by atoms with van der Waals surface area (Å²) in [4.78, 5) is 16.8. The summed E-state index contributed by atoms with van der Waals surface area (Å²) in [7, 11) is -4.00. The molecule has 3 aromatic rings. The Hall–Kier alpha value is -2.62. The maximum atomic E-state index is 13.6. The van der Waals surface area contributed by atoms with Gasteiger partial charge in [0, 0.05) is 42.3 Å². The number of hydrogen-bond acceptors (Lipinski definition) is 5. The minimum atomic E-state index is -4.00. The minimum absolute atomic E-state index is 0.0638. The van der Waals surface area contributed by atoms with Gasteiger partial charge < -0.3 is 5.32 Å². The lowest BCUT2D eigenvalue weighted by atomic mass is 10.2. The van der Waals surface area contributed by atoms with E-state index in [2.05, 4.69) is 15.0 Å². The summed E-state index contributed by atoms with van der Waals surface area (Å²) in [6, 6.07) is 11.0. The van der Waals surface area contributed by atoms with Crippen LogP contribution < -0.4 is 10.0 Å². The third kappa shape index (κ3) is 5.22. The number of pyridine rings is 1. The van der Waals surface area contributed by atoms with E-state index in [1.54, 1.807) is 23.7 Å². The highest BCUT2D eigenvalue weighted by atomic mass is 32.2. The molecule has 0 aliphatic carbocycles. The van der Waals surface area contributed by atoms with Gasteiger partial charge in [0.1, 0.15) is 10.7 Å². The number of sulfonamides is 1. The van der Waals surface area contributed by atoms with E-state index in [0.29, 0.717) is 0 Å². The molecule has 0 fully saturated rings. The molecule has 0 atom stereocenters. The van der Waals surface area contributed by atoms with E-state index in [1.807, 2.05) is 23.6 Å². The Bertz CT molecular complexity index is 1050. The van der Waals surface area contributed by atoms with Crippen molar-refractivity contribution in [3.8, 4) is 10.4 Å². The van der Waals surface area contributed by atoms with Gasteiger partial charge in [-0.3, -0.25) is 9.78 Å². The van der Waals surface area contributed by atoms with Crippen molar-refractivity contribution < 1.29 is 17.6 Å². The highest BCUT2D eigenvalue weighted by molar-refractivity contribution is 7.89. The molecule has 6 nitrogen and oxygen atoms in total. The molecule has 146 valence electrons. The van der Waals surface area contributed by atoms with Gasteiger partial charge in [-0.25, -0.2) is 17.5 Å². The molecule has 0 unspecified atom stereocenters. The summed E-state index contributed by atoms with van der Waals surface area (Å²) in [6.45, 7) is 0.154. The average Bonchev–Trinajstić information content (AvgIpc) is 3.21. The van der Waals surface area contributed by atoms with E-state index >= 15 is 0 Å². The number of halogens is 1. The summed E-state index contributed by atoms with van der Waals surface area (Å²) in [5.74, 6) is -1.16. The average molecular weight is 420 g/mol. The fourth-order valence-electron chi connectivity index (χ4n) is 2.49. The SMILES string of the molecule is O=C(CCNS(=O)(=O)c1ccccc1F)NCc1cncc(-c2cccs2)c1. The third-order valence-electron chi connectivity index (χ3n) is 3.86. The fourth-order valence-corrected chi connectivity index (χ4v) is 4.31. The number of aromatic nitrogens is 1. The smallest absolute Gasteiger partial charge is 0.243 e. The van der Waals surface area contributed by atoms with Crippen LogP contribution in [-0.2, 0) is 21.4 Å². The summed E-state index contributed by atoms with van der Waals surface area (Å²) >= 11 is 1.60. The van der Waals surface area contributed by atoms with Crippen molar-refractivity contribution in [2.45, 2.75) is 17.9 Å². The van der Waals surface area contributed by atoms with Crippen molar-refractivity contribution in [2.24, 2.45) is 0 Å². The second-order valence-corrected chi connectivity index (χ2v) is 8.60. The van der Waals surface area contributed by atoms with Gasteiger partial charge in [0.2, 0.25) is 15.9 Å². The van der Waals surface area contributed by atoms with Crippen LogP contribution in [0.25, 0.3) is 10.4 Å². The Balaban J connectivity index is 1.49. The number of carbonyl (C=O) groups excluding carboxylic acids is 1. The topological polar surface area (TPSA) is 88.2 Å². The van der Waals surface area contributed by atoms with E-state index in [1.165, 1.54) is 18.2 Å².